The summed E-state index contributed by atoms with van der Waals surface area (Å²) in [6.07, 6.45) is 4.29. The highest BCUT2D eigenvalue weighted by atomic mass is 32.1. The van der Waals surface area contributed by atoms with E-state index in [1.807, 2.05) is 12.1 Å². The van der Waals surface area contributed by atoms with Crippen molar-refractivity contribution in [3.63, 3.8) is 0 Å². The number of fused-ring (bicyclic) bond motifs is 1. The minimum atomic E-state index is -0.0759. The van der Waals surface area contributed by atoms with E-state index in [0.29, 0.717) is 16.5 Å². The molecule has 1 amide bonds. The second-order valence-corrected chi connectivity index (χ2v) is 6.27. The van der Waals surface area contributed by atoms with Crippen molar-refractivity contribution < 1.29 is 4.79 Å². The van der Waals surface area contributed by atoms with E-state index in [2.05, 4.69) is 17.2 Å². The number of hydrogen-bond donors (Lipinski definition) is 2. The van der Waals surface area contributed by atoms with Crippen LogP contribution >= 0.6 is 11.3 Å². The Bertz CT molecular complexity index is 618. The Morgan fingerprint density at radius 3 is 3.11 bits per heavy atom. The first kappa shape index (κ1) is 12.4. The van der Waals surface area contributed by atoms with Crippen molar-refractivity contribution in [2.75, 3.05) is 12.3 Å². The first-order valence-corrected chi connectivity index (χ1v) is 7.39. The van der Waals surface area contributed by atoms with Gasteiger partial charge in [-0.1, -0.05) is 6.92 Å². The van der Waals surface area contributed by atoms with Gasteiger partial charge in [-0.3, -0.25) is 9.78 Å². The van der Waals surface area contributed by atoms with Gasteiger partial charge >= 0.3 is 0 Å². The van der Waals surface area contributed by atoms with Gasteiger partial charge in [0.1, 0.15) is 10.4 Å². The molecular formula is C14H17N3OS. The number of rotatable bonds is 4. The lowest BCUT2D eigenvalue weighted by atomic mass is 10.1. The molecule has 2 aromatic heterocycles. The predicted octanol–water partition coefficient (Wildman–Crippen LogP) is 2.65. The Kier molecular flexibility index (Phi) is 3.14. The van der Waals surface area contributed by atoms with E-state index < -0.39 is 0 Å². The highest BCUT2D eigenvalue weighted by Crippen LogP contribution is 2.36. The van der Waals surface area contributed by atoms with Gasteiger partial charge in [0, 0.05) is 12.7 Å². The van der Waals surface area contributed by atoms with Crippen LogP contribution in [0.2, 0.25) is 0 Å². The van der Waals surface area contributed by atoms with E-state index in [-0.39, 0.29) is 5.91 Å². The minimum Gasteiger partial charge on any atom is -0.396 e. The van der Waals surface area contributed by atoms with Crippen molar-refractivity contribution in [2.45, 2.75) is 19.8 Å². The van der Waals surface area contributed by atoms with Gasteiger partial charge in [-0.15, -0.1) is 11.3 Å². The number of nitrogen functional groups attached to an aromatic ring is 1. The monoisotopic (exact) mass is 275 g/mol. The van der Waals surface area contributed by atoms with E-state index in [9.17, 15) is 4.79 Å². The summed E-state index contributed by atoms with van der Waals surface area (Å²) in [5.74, 6) is 1.27. The third-order valence-corrected chi connectivity index (χ3v) is 4.86. The largest absolute Gasteiger partial charge is 0.396 e. The molecule has 0 radical (unpaired) electrons. The maximum atomic E-state index is 12.2. The van der Waals surface area contributed by atoms with Crippen molar-refractivity contribution in [1.82, 2.24) is 10.3 Å². The van der Waals surface area contributed by atoms with Crippen molar-refractivity contribution in [3.8, 4) is 0 Å². The summed E-state index contributed by atoms with van der Waals surface area (Å²) in [7, 11) is 0. The second-order valence-electron chi connectivity index (χ2n) is 5.22. The molecule has 1 atom stereocenters. The summed E-state index contributed by atoms with van der Waals surface area (Å²) in [5, 5.41) is 2.99. The van der Waals surface area contributed by atoms with Gasteiger partial charge in [-0.05, 0) is 36.8 Å². The van der Waals surface area contributed by atoms with Gasteiger partial charge in [-0.2, -0.15) is 0 Å². The number of amides is 1. The van der Waals surface area contributed by atoms with Gasteiger partial charge in [0.2, 0.25) is 0 Å². The van der Waals surface area contributed by atoms with E-state index in [0.717, 1.165) is 22.7 Å². The molecule has 19 heavy (non-hydrogen) atoms. The molecule has 4 nitrogen and oxygen atoms in total. The van der Waals surface area contributed by atoms with Crippen LogP contribution in [0.15, 0.2) is 18.3 Å². The summed E-state index contributed by atoms with van der Waals surface area (Å²) < 4.78 is 0.959. The molecule has 2 heterocycles. The molecule has 0 aliphatic heterocycles. The standard InChI is InChI=1S/C14H17N3OS/c1-8(9-4-5-9)7-17-14(18)13-11(15)12-10(19-13)3-2-6-16-12/h2-3,6,8-9H,4-5,7,15H2,1H3,(H,17,18). The number of carbonyl (C=O) groups is 1. The highest BCUT2D eigenvalue weighted by molar-refractivity contribution is 7.21. The molecule has 1 unspecified atom stereocenters. The van der Waals surface area contributed by atoms with E-state index in [1.54, 1.807) is 6.20 Å². The number of carbonyl (C=O) groups excluding carboxylic acids is 1. The van der Waals surface area contributed by atoms with Crippen molar-refractivity contribution in [3.05, 3.63) is 23.2 Å². The molecule has 1 aliphatic carbocycles. The molecule has 0 aromatic carbocycles. The van der Waals surface area contributed by atoms with Crippen LogP contribution in [0.5, 0.6) is 0 Å². The Morgan fingerprint density at radius 2 is 2.42 bits per heavy atom. The van der Waals surface area contributed by atoms with Crippen LogP contribution in [0, 0.1) is 11.8 Å². The lowest BCUT2D eigenvalue weighted by molar-refractivity contribution is 0.0951. The average Bonchev–Trinajstić information content (AvgIpc) is 3.21. The topological polar surface area (TPSA) is 68.0 Å². The fourth-order valence-corrected chi connectivity index (χ4v) is 3.28. The molecule has 3 N–H and O–H groups in total. The van der Waals surface area contributed by atoms with Gasteiger partial charge < -0.3 is 11.1 Å². The number of nitrogens with zero attached hydrogens (tertiary/aromatic N) is 1. The number of hydrogen-bond acceptors (Lipinski definition) is 4. The number of thiophene rings is 1. The zero-order chi connectivity index (χ0) is 13.4. The van der Waals surface area contributed by atoms with Crippen LogP contribution in [-0.2, 0) is 0 Å². The number of anilines is 1. The molecule has 100 valence electrons. The number of nitrogens with two attached hydrogens (primary N) is 1. The van der Waals surface area contributed by atoms with Crippen LogP contribution < -0.4 is 11.1 Å². The van der Waals surface area contributed by atoms with Crippen molar-refractivity contribution >= 4 is 33.1 Å². The third kappa shape index (κ3) is 2.42. The zero-order valence-corrected chi connectivity index (χ0v) is 11.7. The number of aromatic nitrogens is 1. The summed E-state index contributed by atoms with van der Waals surface area (Å²) in [6, 6.07) is 3.79. The van der Waals surface area contributed by atoms with E-state index in [4.69, 9.17) is 5.73 Å². The fourth-order valence-electron chi connectivity index (χ4n) is 2.28. The predicted molar refractivity (Wildman–Crippen MR) is 78.3 cm³/mol. The first-order chi connectivity index (χ1) is 9.16. The fraction of sp³-hybridized carbons (Fsp3) is 0.429. The van der Waals surface area contributed by atoms with Crippen LogP contribution in [0.1, 0.15) is 29.4 Å². The SMILES string of the molecule is CC(CNC(=O)c1sc2cccnc2c1N)C1CC1. The van der Waals surface area contributed by atoms with E-state index in [1.165, 1.54) is 24.2 Å². The molecule has 1 fully saturated rings. The van der Waals surface area contributed by atoms with Gasteiger partial charge in [0.25, 0.3) is 5.91 Å². The highest BCUT2D eigenvalue weighted by Gasteiger charge is 2.28. The Hall–Kier alpha value is -1.62. The van der Waals surface area contributed by atoms with Gasteiger partial charge in [-0.25, -0.2) is 0 Å². The molecule has 3 rings (SSSR count). The Labute approximate surface area is 116 Å². The lowest BCUT2D eigenvalue weighted by Gasteiger charge is -2.10. The molecule has 2 aromatic rings. The third-order valence-electron chi connectivity index (χ3n) is 3.70. The molecule has 1 aliphatic rings. The molecule has 0 saturated heterocycles. The maximum absolute atomic E-state index is 12.2. The quantitative estimate of drug-likeness (QED) is 0.901. The summed E-state index contributed by atoms with van der Waals surface area (Å²) in [6.45, 7) is 2.92. The minimum absolute atomic E-state index is 0.0759. The second kappa shape index (κ2) is 4.81. The normalized spacial score (nSPS) is 16.5. The summed E-state index contributed by atoms with van der Waals surface area (Å²) >= 11 is 1.41. The average molecular weight is 275 g/mol. The molecule has 0 bridgehead atoms. The van der Waals surface area contributed by atoms with Crippen molar-refractivity contribution in [1.29, 1.82) is 0 Å². The van der Waals surface area contributed by atoms with Gasteiger partial charge in [0.15, 0.2) is 0 Å². The van der Waals surface area contributed by atoms with Crippen LogP contribution in [0.4, 0.5) is 5.69 Å². The number of pyridine rings is 1. The molecule has 5 heteroatoms. The first-order valence-electron chi connectivity index (χ1n) is 6.58. The van der Waals surface area contributed by atoms with Gasteiger partial charge in [0.05, 0.1) is 10.4 Å². The molecule has 0 spiro atoms. The summed E-state index contributed by atoms with van der Waals surface area (Å²) in [4.78, 5) is 17.0. The maximum Gasteiger partial charge on any atom is 0.263 e. The van der Waals surface area contributed by atoms with E-state index >= 15 is 0 Å². The molecule has 1 saturated carbocycles. The van der Waals surface area contributed by atoms with Crippen LogP contribution in [-0.4, -0.2) is 17.4 Å². The van der Waals surface area contributed by atoms with Crippen LogP contribution in [0.3, 0.4) is 0 Å². The smallest absolute Gasteiger partial charge is 0.263 e. The Morgan fingerprint density at radius 1 is 1.63 bits per heavy atom. The van der Waals surface area contributed by atoms with Crippen LogP contribution in [0.25, 0.3) is 10.2 Å². The summed E-state index contributed by atoms with van der Waals surface area (Å²) in [5.41, 5.74) is 7.23. The number of nitrogens with one attached hydrogen (secondary N) is 1. The Balaban J connectivity index is 1.75. The molecular weight excluding hydrogens is 258 g/mol. The zero-order valence-electron chi connectivity index (χ0n) is 10.8. The van der Waals surface area contributed by atoms with Crippen molar-refractivity contribution in [2.24, 2.45) is 11.8 Å². The lowest BCUT2D eigenvalue weighted by Crippen LogP contribution is -2.28.